The smallest absolute Gasteiger partial charge is 0.137 e. The van der Waals surface area contributed by atoms with Crippen molar-refractivity contribution in [3.63, 3.8) is 0 Å². The maximum atomic E-state index is 9.99. The molecular weight excluding hydrogens is 760 g/mol. The fourth-order valence-electron chi connectivity index (χ4n) is 1.81. The van der Waals surface area contributed by atoms with Gasteiger partial charge in [0.1, 0.15) is 11.5 Å². The van der Waals surface area contributed by atoms with Crippen LogP contribution in [0.25, 0.3) is 0 Å². The van der Waals surface area contributed by atoms with Crippen LogP contribution in [0.1, 0.15) is 11.1 Å². The number of hydrogen-bond acceptors (Lipinski definition) is 4. The van der Waals surface area contributed by atoms with Crippen molar-refractivity contribution in [3.8, 4) is 11.5 Å². The van der Waals surface area contributed by atoms with E-state index in [9.17, 15) is 10.2 Å². The largest absolute Gasteiger partial charge is 0.506 e. The van der Waals surface area contributed by atoms with E-state index in [1.54, 1.807) is 12.4 Å². The molecule has 0 aliphatic carbocycles. The maximum absolute atomic E-state index is 9.99. The van der Waals surface area contributed by atoms with Crippen LogP contribution in [0.15, 0.2) is 34.3 Å². The standard InChI is InChI=1S/C16H12I4N2O2/c17-11-3-9(15(23)13(19)5-11)7-21-1-2-22-8-10-4-12(18)6-14(20)16(10)24/h3-8,23-24H,1-2H2. The van der Waals surface area contributed by atoms with E-state index >= 15 is 0 Å². The lowest BCUT2D eigenvalue weighted by atomic mass is 10.2. The third-order valence-corrected chi connectivity index (χ3v) is 5.82. The van der Waals surface area contributed by atoms with Crippen molar-refractivity contribution >= 4 is 103 Å². The first kappa shape index (κ1) is 20.6. The summed E-state index contributed by atoms with van der Waals surface area (Å²) >= 11 is 8.62. The van der Waals surface area contributed by atoms with E-state index in [4.69, 9.17) is 0 Å². The van der Waals surface area contributed by atoms with Crippen LogP contribution in [-0.4, -0.2) is 35.7 Å². The van der Waals surface area contributed by atoms with E-state index < -0.39 is 0 Å². The summed E-state index contributed by atoms with van der Waals surface area (Å²) in [6, 6.07) is 7.59. The van der Waals surface area contributed by atoms with E-state index in [1.807, 2.05) is 24.3 Å². The fourth-order valence-corrected chi connectivity index (χ4v) is 5.59. The molecule has 0 radical (unpaired) electrons. The van der Waals surface area contributed by atoms with Gasteiger partial charge in [0.15, 0.2) is 0 Å². The molecular formula is C16H12I4N2O2. The van der Waals surface area contributed by atoms with Crippen LogP contribution in [-0.2, 0) is 0 Å². The van der Waals surface area contributed by atoms with E-state index in [0.29, 0.717) is 24.2 Å². The molecule has 0 aromatic heterocycles. The lowest BCUT2D eigenvalue weighted by molar-refractivity contribution is 0.470. The van der Waals surface area contributed by atoms with Gasteiger partial charge in [-0.15, -0.1) is 0 Å². The molecule has 2 aromatic carbocycles. The van der Waals surface area contributed by atoms with Gasteiger partial charge < -0.3 is 10.2 Å². The van der Waals surface area contributed by atoms with Gasteiger partial charge in [-0.05, 0) is 115 Å². The minimum Gasteiger partial charge on any atom is -0.506 e. The number of aromatic hydroxyl groups is 2. The lowest BCUT2D eigenvalue weighted by Crippen LogP contribution is -1.93. The number of nitrogens with zero attached hydrogens (tertiary/aromatic N) is 2. The predicted molar refractivity (Wildman–Crippen MR) is 132 cm³/mol. The van der Waals surface area contributed by atoms with Crippen molar-refractivity contribution in [3.05, 3.63) is 49.7 Å². The van der Waals surface area contributed by atoms with E-state index in [-0.39, 0.29) is 11.5 Å². The topological polar surface area (TPSA) is 65.2 Å². The zero-order chi connectivity index (χ0) is 17.7. The van der Waals surface area contributed by atoms with Gasteiger partial charge in [-0.2, -0.15) is 0 Å². The maximum Gasteiger partial charge on any atom is 0.137 e. The highest BCUT2D eigenvalue weighted by Gasteiger charge is 2.05. The lowest BCUT2D eigenvalue weighted by Gasteiger charge is -2.03. The third-order valence-electron chi connectivity index (χ3n) is 2.93. The summed E-state index contributed by atoms with van der Waals surface area (Å²) < 4.78 is 3.72. The average Bonchev–Trinajstić information content (AvgIpc) is 2.51. The van der Waals surface area contributed by atoms with Crippen LogP contribution in [0.2, 0.25) is 0 Å². The number of rotatable bonds is 5. The number of aliphatic imine (C=N–C) groups is 2. The molecule has 8 heteroatoms. The minimum atomic E-state index is 0.252. The van der Waals surface area contributed by atoms with Crippen molar-refractivity contribution in [2.45, 2.75) is 0 Å². The molecule has 0 saturated heterocycles. The van der Waals surface area contributed by atoms with Crippen LogP contribution in [0.3, 0.4) is 0 Å². The summed E-state index contributed by atoms with van der Waals surface area (Å²) in [5.74, 6) is 0.503. The van der Waals surface area contributed by atoms with Gasteiger partial charge in [-0.25, -0.2) is 0 Å². The average molecular weight is 772 g/mol. The molecule has 0 bridgehead atoms. The van der Waals surface area contributed by atoms with Gasteiger partial charge in [-0.3, -0.25) is 9.98 Å². The molecule has 0 fully saturated rings. The van der Waals surface area contributed by atoms with Gasteiger partial charge in [0.2, 0.25) is 0 Å². The highest BCUT2D eigenvalue weighted by Crippen LogP contribution is 2.26. The Labute approximate surface area is 194 Å². The Kier molecular flexibility index (Phi) is 8.46. The Morgan fingerprint density at radius 3 is 1.46 bits per heavy atom. The molecule has 0 aliphatic heterocycles. The summed E-state index contributed by atoms with van der Waals surface area (Å²) in [6.45, 7) is 1.03. The molecule has 2 N–H and O–H groups in total. The number of halogens is 4. The first-order valence-electron chi connectivity index (χ1n) is 6.74. The SMILES string of the molecule is Oc1c(I)cc(I)cc1C=NCCN=Cc1cc(I)cc(I)c1O. The first-order valence-corrected chi connectivity index (χ1v) is 11.1. The highest BCUT2D eigenvalue weighted by molar-refractivity contribution is 14.1. The highest BCUT2D eigenvalue weighted by atomic mass is 127. The quantitative estimate of drug-likeness (QED) is 0.254. The number of benzene rings is 2. The Morgan fingerprint density at radius 1 is 0.708 bits per heavy atom. The molecule has 0 aliphatic rings. The Hall–Kier alpha value is 0.300. The summed E-state index contributed by atoms with van der Waals surface area (Å²) in [7, 11) is 0. The Bertz CT molecular complexity index is 740. The van der Waals surface area contributed by atoms with Gasteiger partial charge in [0.25, 0.3) is 0 Å². The molecule has 0 saturated carbocycles. The van der Waals surface area contributed by atoms with Crippen molar-refractivity contribution in [2.75, 3.05) is 13.1 Å². The second kappa shape index (κ2) is 9.85. The van der Waals surface area contributed by atoms with Crippen molar-refractivity contribution in [1.82, 2.24) is 0 Å². The monoisotopic (exact) mass is 772 g/mol. The fraction of sp³-hybridized carbons (Fsp3) is 0.125. The zero-order valence-electron chi connectivity index (χ0n) is 12.2. The van der Waals surface area contributed by atoms with Crippen molar-refractivity contribution in [2.24, 2.45) is 9.98 Å². The van der Waals surface area contributed by atoms with Crippen LogP contribution in [0, 0.1) is 14.3 Å². The molecule has 2 rings (SSSR count). The molecule has 0 atom stereocenters. The van der Waals surface area contributed by atoms with Crippen molar-refractivity contribution < 1.29 is 10.2 Å². The minimum absolute atomic E-state index is 0.252. The summed E-state index contributed by atoms with van der Waals surface area (Å²) in [5, 5.41) is 20.0. The Balaban J connectivity index is 1.96. The number of phenolic OH excluding ortho intramolecular Hbond substituents is 2. The molecule has 126 valence electrons. The molecule has 0 amide bonds. The Morgan fingerprint density at radius 2 is 1.08 bits per heavy atom. The van der Waals surface area contributed by atoms with Gasteiger partial charge in [0.05, 0.1) is 20.2 Å². The summed E-state index contributed by atoms with van der Waals surface area (Å²) in [5.41, 5.74) is 1.42. The van der Waals surface area contributed by atoms with E-state index in [0.717, 1.165) is 14.3 Å². The van der Waals surface area contributed by atoms with Crippen LogP contribution >= 0.6 is 90.4 Å². The molecule has 24 heavy (non-hydrogen) atoms. The summed E-state index contributed by atoms with van der Waals surface area (Å²) in [6.07, 6.45) is 3.34. The normalized spacial score (nSPS) is 11.7. The number of phenols is 2. The molecule has 4 nitrogen and oxygen atoms in total. The van der Waals surface area contributed by atoms with Crippen molar-refractivity contribution in [1.29, 1.82) is 0 Å². The first-order chi connectivity index (χ1) is 11.4. The van der Waals surface area contributed by atoms with E-state index in [1.165, 1.54) is 0 Å². The molecule has 0 spiro atoms. The second-order valence-electron chi connectivity index (χ2n) is 4.72. The van der Waals surface area contributed by atoms with Crippen LogP contribution in [0.4, 0.5) is 0 Å². The molecule has 0 heterocycles. The third kappa shape index (κ3) is 5.93. The van der Waals surface area contributed by atoms with Gasteiger partial charge in [0, 0.05) is 30.7 Å². The zero-order valence-corrected chi connectivity index (χ0v) is 20.8. The van der Waals surface area contributed by atoms with Crippen LogP contribution in [0.5, 0.6) is 11.5 Å². The van der Waals surface area contributed by atoms with E-state index in [2.05, 4.69) is 100 Å². The summed E-state index contributed by atoms with van der Waals surface area (Å²) in [4.78, 5) is 8.61. The van der Waals surface area contributed by atoms with Crippen LogP contribution < -0.4 is 0 Å². The predicted octanol–water partition coefficient (Wildman–Crippen LogP) is 5.05. The van der Waals surface area contributed by atoms with Gasteiger partial charge in [-0.1, -0.05) is 0 Å². The molecule has 2 aromatic rings. The molecule has 0 unspecified atom stereocenters. The van der Waals surface area contributed by atoms with Gasteiger partial charge >= 0.3 is 0 Å². The second-order valence-corrected chi connectivity index (χ2v) is 9.54. The number of hydrogen-bond donors (Lipinski definition) is 2.